The van der Waals surface area contributed by atoms with Crippen LogP contribution in [0.1, 0.15) is 44.5 Å². The van der Waals surface area contributed by atoms with E-state index in [1.165, 1.54) is 25.3 Å². The van der Waals surface area contributed by atoms with Gasteiger partial charge in [0.2, 0.25) is 0 Å². The third-order valence-corrected chi connectivity index (χ3v) is 9.02. The van der Waals surface area contributed by atoms with E-state index in [-0.39, 0.29) is 5.56 Å². The van der Waals surface area contributed by atoms with Crippen molar-refractivity contribution in [2.45, 2.75) is 52.1 Å². The average Bonchev–Trinajstić information content (AvgIpc) is 3.68. The molecule has 0 spiro atoms. The Balaban J connectivity index is 0.000000884. The Kier molecular flexibility index (Phi) is 6.33. The zero-order valence-corrected chi connectivity index (χ0v) is 24.1. The summed E-state index contributed by atoms with van der Waals surface area (Å²) in [6, 6.07) is 8.15. The van der Waals surface area contributed by atoms with Gasteiger partial charge in [-0.25, -0.2) is 14.4 Å². The molecular weight excluding hydrogens is 533 g/mol. The Bertz CT molecular complexity index is 1990. The van der Waals surface area contributed by atoms with Crippen LogP contribution < -0.4 is 10.2 Å². The minimum atomic E-state index is -0.426. The quantitative estimate of drug-likeness (QED) is 0.228. The summed E-state index contributed by atoms with van der Waals surface area (Å²) in [7, 11) is 0. The Morgan fingerprint density at radius 3 is 2.63 bits per heavy atom. The summed E-state index contributed by atoms with van der Waals surface area (Å²) in [6.45, 7) is 8.06. The zero-order valence-electron chi connectivity index (χ0n) is 23.3. The number of terminal acetylenes is 1. The lowest BCUT2D eigenvalue weighted by Crippen LogP contribution is -2.51. The lowest BCUT2D eigenvalue weighted by Gasteiger charge is -2.34. The van der Waals surface area contributed by atoms with Gasteiger partial charge in [-0.3, -0.25) is 10.1 Å². The van der Waals surface area contributed by atoms with Crippen molar-refractivity contribution in [2.75, 3.05) is 18.0 Å². The van der Waals surface area contributed by atoms with E-state index in [4.69, 9.17) is 21.4 Å². The number of rotatable bonds is 2. The molecular formula is C32H30FN7S. The number of anilines is 1. The molecule has 2 aliphatic heterocycles. The number of piperazine rings is 1. The smallest absolute Gasteiger partial charge is 0.141 e. The van der Waals surface area contributed by atoms with Gasteiger partial charge >= 0.3 is 0 Å². The normalized spacial score (nSPS) is 18.3. The molecule has 7 nitrogen and oxygen atoms in total. The monoisotopic (exact) mass is 563 g/mol. The molecule has 0 saturated carbocycles. The van der Waals surface area contributed by atoms with Crippen molar-refractivity contribution in [3.05, 3.63) is 53.9 Å². The number of benzene rings is 2. The summed E-state index contributed by atoms with van der Waals surface area (Å²) in [4.78, 5) is 18.0. The van der Waals surface area contributed by atoms with Crippen molar-refractivity contribution in [2.24, 2.45) is 0 Å². The number of halogens is 1. The highest BCUT2D eigenvalue weighted by Crippen LogP contribution is 2.45. The van der Waals surface area contributed by atoms with Crippen LogP contribution in [0.4, 0.5) is 10.2 Å². The topological polar surface area (TPSA) is 82.6 Å². The fourth-order valence-corrected chi connectivity index (χ4v) is 7.54. The van der Waals surface area contributed by atoms with Crippen LogP contribution in [-0.2, 0) is 0 Å². The molecule has 9 heteroatoms. The highest BCUT2D eigenvalue weighted by Gasteiger charge is 2.34. The minimum Gasteiger partial charge on any atom is -0.353 e. The number of aromatic amines is 1. The van der Waals surface area contributed by atoms with Crippen LogP contribution in [-0.4, -0.2) is 50.3 Å². The third kappa shape index (κ3) is 4.13. The number of aryl methyl sites for hydroxylation is 1. The van der Waals surface area contributed by atoms with Crippen molar-refractivity contribution < 1.29 is 4.39 Å². The Labute approximate surface area is 241 Å². The number of nitrogens with one attached hydrogen (secondary N) is 2. The molecule has 2 fully saturated rings. The minimum absolute atomic E-state index is 0.230. The number of hydrogen-bond donors (Lipinski definition) is 2. The molecule has 4 aromatic heterocycles. The van der Waals surface area contributed by atoms with Gasteiger partial charge < -0.3 is 10.2 Å². The molecule has 0 radical (unpaired) electrons. The van der Waals surface area contributed by atoms with E-state index in [0.29, 0.717) is 17.5 Å². The number of aromatic nitrogens is 5. The van der Waals surface area contributed by atoms with Crippen molar-refractivity contribution in [1.29, 1.82) is 0 Å². The molecule has 206 valence electrons. The molecule has 2 saturated heterocycles. The van der Waals surface area contributed by atoms with Gasteiger partial charge in [-0.15, -0.1) is 17.8 Å². The summed E-state index contributed by atoms with van der Waals surface area (Å²) in [5, 5.41) is 15.5. The first-order valence-electron chi connectivity index (χ1n) is 14.1. The molecule has 6 heterocycles. The number of fused-ring (bicyclic) bond motifs is 7. The molecule has 2 aliphatic rings. The van der Waals surface area contributed by atoms with Crippen molar-refractivity contribution >= 4 is 59.1 Å². The summed E-state index contributed by atoms with van der Waals surface area (Å²) in [6.07, 6.45) is 13.1. The summed E-state index contributed by atoms with van der Waals surface area (Å²) < 4.78 is 16.0. The maximum atomic E-state index is 15.0. The predicted octanol–water partition coefficient (Wildman–Crippen LogP) is 6.72. The molecule has 2 bridgehead atoms. The Morgan fingerprint density at radius 2 is 1.88 bits per heavy atom. The molecule has 0 aliphatic carbocycles. The van der Waals surface area contributed by atoms with Crippen molar-refractivity contribution in [1.82, 2.24) is 30.5 Å². The standard InChI is InChI=1S/C29H22FN7S.C3H8/c1-3-18-21(30)7-4-15-10-22-20(11-32-36-22)24(23(15)18)26-27-19(8-9-31-26)25-28(33-14(2)34-29(25)38-27)37-12-16-5-6-17(13-37)35-16;1-3-2/h1,4,7-11,16-17,35H,5-6,12-13H2,2H3,(H,32,36);3H2,1-2H3. The second kappa shape index (κ2) is 10.1. The number of thiophene rings is 1. The van der Waals surface area contributed by atoms with Gasteiger partial charge in [0.05, 0.1) is 33.1 Å². The third-order valence-electron chi connectivity index (χ3n) is 7.91. The van der Waals surface area contributed by atoms with Crippen LogP contribution in [0.2, 0.25) is 0 Å². The highest BCUT2D eigenvalue weighted by atomic mass is 32.1. The van der Waals surface area contributed by atoms with E-state index < -0.39 is 5.82 Å². The van der Waals surface area contributed by atoms with E-state index in [2.05, 4.69) is 40.2 Å². The first-order valence-corrected chi connectivity index (χ1v) is 14.9. The van der Waals surface area contributed by atoms with Crippen LogP contribution in [0.3, 0.4) is 0 Å². The molecule has 8 rings (SSSR count). The molecule has 2 aromatic carbocycles. The molecule has 41 heavy (non-hydrogen) atoms. The first-order chi connectivity index (χ1) is 20.0. The predicted molar refractivity (Wildman–Crippen MR) is 166 cm³/mol. The summed E-state index contributed by atoms with van der Waals surface area (Å²) >= 11 is 1.60. The van der Waals surface area contributed by atoms with E-state index in [1.54, 1.807) is 23.6 Å². The largest absolute Gasteiger partial charge is 0.353 e. The van der Waals surface area contributed by atoms with Crippen LogP contribution >= 0.6 is 11.3 Å². The van der Waals surface area contributed by atoms with Gasteiger partial charge in [0, 0.05) is 53.1 Å². The second-order valence-corrected chi connectivity index (χ2v) is 11.9. The average molecular weight is 564 g/mol. The summed E-state index contributed by atoms with van der Waals surface area (Å²) in [5.74, 6) is 3.89. The number of nitrogens with zero attached hydrogens (tertiary/aromatic N) is 5. The Morgan fingerprint density at radius 1 is 1.10 bits per heavy atom. The van der Waals surface area contributed by atoms with Crippen molar-refractivity contribution in [3.8, 4) is 23.6 Å². The zero-order chi connectivity index (χ0) is 28.2. The van der Waals surface area contributed by atoms with Crippen LogP contribution in [0.25, 0.3) is 53.2 Å². The number of hydrogen-bond acceptors (Lipinski definition) is 7. The lowest BCUT2D eigenvalue weighted by atomic mass is 9.93. The maximum Gasteiger partial charge on any atom is 0.141 e. The summed E-state index contributed by atoms with van der Waals surface area (Å²) in [5.41, 5.74) is 2.60. The van der Waals surface area contributed by atoms with Gasteiger partial charge in [-0.1, -0.05) is 32.3 Å². The number of pyridine rings is 1. The van der Waals surface area contributed by atoms with Gasteiger partial charge in [0.15, 0.2) is 0 Å². The van der Waals surface area contributed by atoms with Gasteiger partial charge in [-0.2, -0.15) is 5.10 Å². The SMILES string of the molecule is C#Cc1c(F)ccc2cc3[nH]ncc3c(-c3nccc4c3sc3nc(C)nc(N5CC6CCC(C5)N6)c34)c12.CCC. The van der Waals surface area contributed by atoms with E-state index >= 15 is 0 Å². The van der Waals surface area contributed by atoms with Crippen LogP contribution in [0.5, 0.6) is 0 Å². The fourth-order valence-electron chi connectivity index (χ4n) is 6.33. The molecule has 2 N–H and O–H groups in total. The van der Waals surface area contributed by atoms with E-state index in [9.17, 15) is 4.39 Å². The lowest BCUT2D eigenvalue weighted by molar-refractivity contribution is 0.464. The molecule has 2 unspecified atom stereocenters. The number of H-pyrrole nitrogens is 1. The molecule has 0 amide bonds. The van der Waals surface area contributed by atoms with Gasteiger partial charge in [0.1, 0.15) is 22.3 Å². The van der Waals surface area contributed by atoms with Crippen LogP contribution in [0.15, 0.2) is 36.7 Å². The molecule has 2 atom stereocenters. The van der Waals surface area contributed by atoms with Gasteiger partial charge in [-0.05, 0) is 43.4 Å². The Hall–Kier alpha value is -4.13. The fraction of sp³-hybridized carbons (Fsp3) is 0.312. The first kappa shape index (κ1) is 25.8. The van der Waals surface area contributed by atoms with E-state index in [1.807, 2.05) is 25.3 Å². The second-order valence-electron chi connectivity index (χ2n) is 10.9. The van der Waals surface area contributed by atoms with Crippen LogP contribution in [0, 0.1) is 25.1 Å². The van der Waals surface area contributed by atoms with Gasteiger partial charge in [0.25, 0.3) is 0 Å². The van der Waals surface area contributed by atoms with E-state index in [0.717, 1.165) is 72.6 Å². The van der Waals surface area contributed by atoms with Crippen molar-refractivity contribution in [3.63, 3.8) is 0 Å². The molecule has 6 aromatic rings. The highest BCUT2D eigenvalue weighted by molar-refractivity contribution is 7.26. The maximum absolute atomic E-state index is 15.0.